The fourth-order valence-corrected chi connectivity index (χ4v) is 5.50. The third kappa shape index (κ3) is 4.80. The second-order valence-electron chi connectivity index (χ2n) is 7.29. The van der Waals surface area contributed by atoms with E-state index in [4.69, 9.17) is 11.6 Å². The molecule has 1 saturated carbocycles. The number of carbonyl (C=O) groups excluding carboxylic acids is 1. The van der Waals surface area contributed by atoms with Crippen molar-refractivity contribution >= 4 is 27.5 Å². The Morgan fingerprint density at radius 2 is 1.93 bits per heavy atom. The fourth-order valence-electron chi connectivity index (χ4n) is 3.70. The Morgan fingerprint density at radius 3 is 2.59 bits per heavy atom. The molecule has 1 atom stereocenters. The summed E-state index contributed by atoms with van der Waals surface area (Å²) in [5, 5.41) is 12.3. The summed E-state index contributed by atoms with van der Waals surface area (Å²) in [6, 6.07) is 3.35. The van der Waals surface area contributed by atoms with E-state index in [1.54, 1.807) is 0 Å². The molecule has 1 aliphatic carbocycles. The van der Waals surface area contributed by atoms with Crippen molar-refractivity contribution in [1.82, 2.24) is 9.62 Å². The van der Waals surface area contributed by atoms with Crippen LogP contribution in [0.5, 0.6) is 0 Å². The Kier molecular flexibility index (Phi) is 6.40. The lowest BCUT2D eigenvalue weighted by atomic mass is 9.92. The Labute approximate surface area is 163 Å². The van der Waals surface area contributed by atoms with Crippen LogP contribution in [0.4, 0.5) is 4.39 Å². The van der Waals surface area contributed by atoms with E-state index in [0.717, 1.165) is 25.0 Å². The number of benzene rings is 1. The lowest BCUT2D eigenvalue weighted by Crippen LogP contribution is -2.48. The van der Waals surface area contributed by atoms with Crippen molar-refractivity contribution in [3.63, 3.8) is 0 Å². The number of hydrogen-bond acceptors (Lipinski definition) is 4. The standard InChI is InChI=1S/C18H24ClFN2O4S/c19-16-10-15(7-8-17(16)20)27(25,26)22-9-1-2-12(11-22)18(24)21-13-3-5-14(23)6-4-13/h7-8,10,12-14,23H,1-6,9,11H2,(H,21,24)/t12-,13-,14-/m0/s1. The van der Waals surface area contributed by atoms with E-state index in [1.165, 1.54) is 10.4 Å². The molecule has 0 radical (unpaired) electrons. The molecule has 1 amide bonds. The predicted molar refractivity (Wildman–Crippen MR) is 99.3 cm³/mol. The van der Waals surface area contributed by atoms with Crippen molar-refractivity contribution in [1.29, 1.82) is 0 Å². The van der Waals surface area contributed by atoms with Crippen molar-refractivity contribution in [3.8, 4) is 0 Å². The van der Waals surface area contributed by atoms with Gasteiger partial charge < -0.3 is 10.4 Å². The van der Waals surface area contributed by atoms with Gasteiger partial charge in [-0.05, 0) is 56.7 Å². The first-order valence-electron chi connectivity index (χ1n) is 9.21. The molecule has 0 bridgehead atoms. The molecule has 0 aromatic heterocycles. The zero-order valence-corrected chi connectivity index (χ0v) is 16.5. The molecule has 1 aromatic carbocycles. The van der Waals surface area contributed by atoms with Crippen molar-refractivity contribution in [3.05, 3.63) is 29.0 Å². The van der Waals surface area contributed by atoms with Gasteiger partial charge in [0.1, 0.15) is 5.82 Å². The first-order chi connectivity index (χ1) is 12.8. The highest BCUT2D eigenvalue weighted by atomic mass is 35.5. The SMILES string of the molecule is O=C(N[C@H]1CC[C@H](O)CC1)[C@H]1CCCN(S(=O)(=O)c2ccc(F)c(Cl)c2)C1. The van der Waals surface area contributed by atoms with E-state index in [1.807, 2.05) is 0 Å². The molecule has 0 spiro atoms. The molecule has 27 heavy (non-hydrogen) atoms. The molecule has 1 aliphatic heterocycles. The zero-order chi connectivity index (χ0) is 19.6. The summed E-state index contributed by atoms with van der Waals surface area (Å²) >= 11 is 5.72. The average molecular weight is 419 g/mol. The Morgan fingerprint density at radius 1 is 1.22 bits per heavy atom. The number of nitrogens with zero attached hydrogens (tertiary/aromatic N) is 1. The summed E-state index contributed by atoms with van der Waals surface area (Å²) in [6.07, 6.45) is 3.71. The van der Waals surface area contributed by atoms with Crippen LogP contribution in [-0.2, 0) is 14.8 Å². The van der Waals surface area contributed by atoms with Crippen molar-refractivity contribution in [2.24, 2.45) is 5.92 Å². The van der Waals surface area contributed by atoms with Gasteiger partial charge in [-0.1, -0.05) is 11.6 Å². The number of aliphatic hydroxyl groups is 1. The first-order valence-corrected chi connectivity index (χ1v) is 11.0. The van der Waals surface area contributed by atoms with Crippen molar-refractivity contribution in [2.45, 2.75) is 55.6 Å². The van der Waals surface area contributed by atoms with Gasteiger partial charge in [-0.3, -0.25) is 4.79 Å². The number of rotatable bonds is 4. The number of piperidine rings is 1. The maximum Gasteiger partial charge on any atom is 0.243 e. The molecule has 3 rings (SSSR count). The van der Waals surface area contributed by atoms with E-state index in [0.29, 0.717) is 32.2 Å². The highest BCUT2D eigenvalue weighted by Crippen LogP contribution is 2.27. The molecule has 2 N–H and O–H groups in total. The molecular weight excluding hydrogens is 395 g/mol. The number of carbonyl (C=O) groups is 1. The molecule has 6 nitrogen and oxygen atoms in total. The third-order valence-electron chi connectivity index (χ3n) is 5.33. The van der Waals surface area contributed by atoms with Crippen molar-refractivity contribution < 1.29 is 22.7 Å². The van der Waals surface area contributed by atoms with Gasteiger partial charge in [0.05, 0.1) is 21.9 Å². The topological polar surface area (TPSA) is 86.7 Å². The number of amides is 1. The fraction of sp³-hybridized carbons (Fsp3) is 0.611. The monoisotopic (exact) mass is 418 g/mol. The lowest BCUT2D eigenvalue weighted by Gasteiger charge is -2.33. The minimum absolute atomic E-state index is 0.0313. The third-order valence-corrected chi connectivity index (χ3v) is 7.48. The molecule has 1 aromatic rings. The number of nitrogens with one attached hydrogen (secondary N) is 1. The Balaban J connectivity index is 1.66. The van der Waals surface area contributed by atoms with Gasteiger partial charge in [-0.2, -0.15) is 4.31 Å². The van der Waals surface area contributed by atoms with Gasteiger partial charge in [-0.15, -0.1) is 0 Å². The van der Waals surface area contributed by atoms with Crippen LogP contribution in [0.2, 0.25) is 5.02 Å². The first kappa shape index (κ1) is 20.5. The van der Waals surface area contributed by atoms with Crippen LogP contribution in [0.25, 0.3) is 0 Å². The van der Waals surface area contributed by atoms with Gasteiger partial charge in [0, 0.05) is 19.1 Å². The van der Waals surface area contributed by atoms with E-state index in [-0.39, 0.29) is 34.5 Å². The summed E-state index contributed by atoms with van der Waals surface area (Å²) < 4.78 is 40.3. The van der Waals surface area contributed by atoms with E-state index in [2.05, 4.69) is 5.32 Å². The van der Waals surface area contributed by atoms with Gasteiger partial charge in [0.2, 0.25) is 15.9 Å². The maximum atomic E-state index is 13.3. The highest BCUT2D eigenvalue weighted by Gasteiger charge is 2.34. The minimum atomic E-state index is -3.84. The number of halogens is 2. The second-order valence-corrected chi connectivity index (χ2v) is 9.64. The van der Waals surface area contributed by atoms with Crippen LogP contribution in [0.1, 0.15) is 38.5 Å². The zero-order valence-electron chi connectivity index (χ0n) is 14.9. The van der Waals surface area contributed by atoms with E-state index >= 15 is 0 Å². The van der Waals surface area contributed by atoms with Crippen molar-refractivity contribution in [2.75, 3.05) is 13.1 Å². The van der Waals surface area contributed by atoms with Crippen LogP contribution in [0, 0.1) is 11.7 Å². The molecule has 150 valence electrons. The Hall–Kier alpha value is -1.22. The van der Waals surface area contributed by atoms with Crippen LogP contribution >= 0.6 is 11.6 Å². The highest BCUT2D eigenvalue weighted by molar-refractivity contribution is 7.89. The summed E-state index contributed by atoms with van der Waals surface area (Å²) in [4.78, 5) is 12.5. The van der Waals surface area contributed by atoms with Gasteiger partial charge in [0.25, 0.3) is 0 Å². The van der Waals surface area contributed by atoms with Gasteiger partial charge in [-0.25, -0.2) is 12.8 Å². The molecular formula is C18H24ClFN2O4S. The quantitative estimate of drug-likeness (QED) is 0.785. The van der Waals surface area contributed by atoms with Crippen LogP contribution in [0.3, 0.4) is 0 Å². The molecule has 9 heteroatoms. The summed E-state index contributed by atoms with van der Waals surface area (Å²) in [5.74, 6) is -1.24. The molecule has 1 heterocycles. The summed E-state index contributed by atoms with van der Waals surface area (Å²) in [5.41, 5.74) is 0. The summed E-state index contributed by atoms with van der Waals surface area (Å²) in [7, 11) is -3.84. The Bertz CT molecular complexity index is 797. The predicted octanol–water partition coefficient (Wildman–Crippen LogP) is 2.30. The largest absolute Gasteiger partial charge is 0.393 e. The van der Waals surface area contributed by atoms with Gasteiger partial charge in [0.15, 0.2) is 0 Å². The van der Waals surface area contributed by atoms with Crippen LogP contribution in [0.15, 0.2) is 23.1 Å². The second kappa shape index (κ2) is 8.43. The van der Waals surface area contributed by atoms with E-state index < -0.39 is 21.8 Å². The number of hydrogen-bond donors (Lipinski definition) is 2. The molecule has 1 saturated heterocycles. The molecule has 0 unspecified atom stereocenters. The van der Waals surface area contributed by atoms with Crippen LogP contribution in [-0.4, -0.2) is 49.0 Å². The normalized spacial score (nSPS) is 27.3. The van der Waals surface area contributed by atoms with Crippen LogP contribution < -0.4 is 5.32 Å². The molecule has 2 fully saturated rings. The van der Waals surface area contributed by atoms with E-state index in [9.17, 15) is 22.7 Å². The van der Waals surface area contributed by atoms with Gasteiger partial charge >= 0.3 is 0 Å². The summed E-state index contributed by atoms with van der Waals surface area (Å²) in [6.45, 7) is 0.412. The maximum absolute atomic E-state index is 13.3. The molecule has 2 aliphatic rings. The average Bonchev–Trinajstić information content (AvgIpc) is 2.66. The lowest BCUT2D eigenvalue weighted by molar-refractivity contribution is -0.127. The smallest absolute Gasteiger partial charge is 0.243 e. The number of aliphatic hydroxyl groups excluding tert-OH is 1. The minimum Gasteiger partial charge on any atom is -0.393 e. The number of sulfonamides is 1.